The lowest BCUT2D eigenvalue weighted by atomic mass is 10.0. The van der Waals surface area contributed by atoms with Gasteiger partial charge in [0.1, 0.15) is 13.2 Å². The average Bonchev–Trinajstić information content (AvgIpc) is 3.33. The summed E-state index contributed by atoms with van der Waals surface area (Å²) in [6, 6.07) is 0. The van der Waals surface area contributed by atoms with Crippen LogP contribution in [0.2, 0.25) is 0 Å². The first kappa shape index (κ1) is 64.1. The number of allylic oxidation sites excluding steroid dienone is 10. The summed E-state index contributed by atoms with van der Waals surface area (Å²) in [5.74, 6) is -0.882. The third-order valence-corrected chi connectivity index (χ3v) is 12.5. The highest BCUT2D eigenvalue weighted by Crippen LogP contribution is 2.16. The van der Waals surface area contributed by atoms with Gasteiger partial charge in [0.25, 0.3) is 0 Å². The zero-order valence-corrected chi connectivity index (χ0v) is 44.4. The molecule has 0 aromatic rings. The summed E-state index contributed by atoms with van der Waals surface area (Å²) in [7, 11) is 0. The van der Waals surface area contributed by atoms with Crippen LogP contribution in [0.3, 0.4) is 0 Å². The van der Waals surface area contributed by atoms with Crippen molar-refractivity contribution in [3.63, 3.8) is 0 Å². The Bertz CT molecular complexity index is 1210. The van der Waals surface area contributed by atoms with Gasteiger partial charge in [-0.05, 0) is 83.5 Å². The molecule has 0 saturated heterocycles. The van der Waals surface area contributed by atoms with Crippen molar-refractivity contribution in [2.45, 2.75) is 297 Å². The van der Waals surface area contributed by atoms with E-state index >= 15 is 0 Å². The zero-order valence-electron chi connectivity index (χ0n) is 44.4. The van der Waals surface area contributed by atoms with E-state index in [0.29, 0.717) is 19.3 Å². The van der Waals surface area contributed by atoms with Gasteiger partial charge in [-0.15, -0.1) is 0 Å². The minimum Gasteiger partial charge on any atom is -0.462 e. The predicted octanol–water partition coefficient (Wildman–Crippen LogP) is 19.2. The molecule has 67 heavy (non-hydrogen) atoms. The molecule has 0 fully saturated rings. The number of hydrogen-bond donors (Lipinski definition) is 0. The van der Waals surface area contributed by atoms with E-state index in [-0.39, 0.29) is 31.1 Å². The molecule has 1 unspecified atom stereocenters. The summed E-state index contributed by atoms with van der Waals surface area (Å²) in [5, 5.41) is 0. The zero-order chi connectivity index (χ0) is 48.6. The van der Waals surface area contributed by atoms with Crippen LogP contribution in [-0.2, 0) is 28.6 Å². The average molecular weight is 938 g/mol. The molecule has 0 bridgehead atoms. The number of carbonyl (C=O) groups is 3. The van der Waals surface area contributed by atoms with Crippen molar-refractivity contribution < 1.29 is 28.6 Å². The molecule has 0 N–H and O–H groups in total. The number of esters is 3. The Morgan fingerprint density at radius 2 is 0.582 bits per heavy atom. The van der Waals surface area contributed by atoms with Crippen molar-refractivity contribution in [3.8, 4) is 0 Å². The summed E-state index contributed by atoms with van der Waals surface area (Å²) >= 11 is 0. The van der Waals surface area contributed by atoms with Gasteiger partial charge in [-0.3, -0.25) is 14.4 Å². The van der Waals surface area contributed by atoms with Gasteiger partial charge in [0, 0.05) is 19.3 Å². The quantitative estimate of drug-likeness (QED) is 0.0262. The maximum atomic E-state index is 12.8. The van der Waals surface area contributed by atoms with E-state index in [1.54, 1.807) is 0 Å². The number of hydrogen-bond acceptors (Lipinski definition) is 6. The van der Waals surface area contributed by atoms with Gasteiger partial charge < -0.3 is 14.2 Å². The molecule has 388 valence electrons. The Labute approximate surface area is 415 Å². The smallest absolute Gasteiger partial charge is 0.306 e. The van der Waals surface area contributed by atoms with Crippen LogP contribution >= 0.6 is 0 Å². The highest BCUT2D eigenvalue weighted by atomic mass is 16.6. The van der Waals surface area contributed by atoms with Crippen molar-refractivity contribution in [2.24, 2.45) is 0 Å². The van der Waals surface area contributed by atoms with Gasteiger partial charge in [0.2, 0.25) is 0 Å². The number of rotatable bonds is 52. The van der Waals surface area contributed by atoms with E-state index < -0.39 is 6.10 Å². The fourth-order valence-electron chi connectivity index (χ4n) is 8.19. The minimum absolute atomic E-state index is 0.0772. The van der Waals surface area contributed by atoms with Gasteiger partial charge in [-0.1, -0.05) is 248 Å². The SMILES string of the molecule is CC/C=C\C/C=C\C/C=C\C/C=C\CCCCCCCCCCC(=O)OCC(COC(=O)CCCCCCCCCCCCCCCC)OC(=O)CCCCCCC/C=C\CCCCCCC. The fraction of sp³-hybridized carbons (Fsp3) is 0.787. The topological polar surface area (TPSA) is 78.9 Å². The lowest BCUT2D eigenvalue weighted by molar-refractivity contribution is -0.167. The monoisotopic (exact) mass is 937 g/mol. The van der Waals surface area contributed by atoms with Gasteiger partial charge in [0.15, 0.2) is 6.10 Å². The minimum atomic E-state index is -0.780. The first-order valence-corrected chi connectivity index (χ1v) is 28.8. The molecule has 0 aliphatic carbocycles. The maximum absolute atomic E-state index is 12.8. The Balaban J connectivity index is 4.35. The summed E-state index contributed by atoms with van der Waals surface area (Å²) < 4.78 is 16.9. The fourth-order valence-corrected chi connectivity index (χ4v) is 8.19. The summed E-state index contributed by atoms with van der Waals surface area (Å²) in [4.78, 5) is 38.1. The lowest BCUT2D eigenvalue weighted by Gasteiger charge is -2.18. The second-order valence-corrected chi connectivity index (χ2v) is 19.2. The number of ether oxygens (including phenoxy) is 3. The normalized spacial score (nSPS) is 12.5. The standard InChI is InChI=1S/C61H108O6/c1-4-7-10-13-16-19-22-25-28-29-30-31-32-33-34-37-39-42-45-48-51-54-60(63)66-57-58(67-61(64)55-52-49-46-43-40-36-27-24-21-18-15-12-9-6-3)56-65-59(62)53-50-47-44-41-38-35-26-23-20-17-14-11-8-5-2/h7,10,16,19,24-25,27-28,30-31,58H,4-6,8-9,11-15,17-18,20-23,26,29,32-57H2,1-3H3/b10-7-,19-16-,27-24-,28-25-,31-30-. The predicted molar refractivity (Wildman–Crippen MR) is 288 cm³/mol. The molecule has 6 nitrogen and oxygen atoms in total. The van der Waals surface area contributed by atoms with Gasteiger partial charge in [0.05, 0.1) is 0 Å². The summed E-state index contributed by atoms with van der Waals surface area (Å²) in [6.45, 7) is 6.53. The lowest BCUT2D eigenvalue weighted by Crippen LogP contribution is -2.30. The Morgan fingerprint density at radius 3 is 0.925 bits per heavy atom. The summed E-state index contributed by atoms with van der Waals surface area (Å²) in [5.41, 5.74) is 0. The molecule has 0 amide bonds. The molecule has 0 aromatic heterocycles. The van der Waals surface area contributed by atoms with E-state index in [0.717, 1.165) is 103 Å². The van der Waals surface area contributed by atoms with Gasteiger partial charge >= 0.3 is 17.9 Å². The molecule has 0 heterocycles. The largest absolute Gasteiger partial charge is 0.462 e. The Morgan fingerprint density at radius 1 is 0.313 bits per heavy atom. The van der Waals surface area contributed by atoms with Crippen LogP contribution in [0.1, 0.15) is 290 Å². The van der Waals surface area contributed by atoms with E-state index in [1.165, 1.54) is 148 Å². The molecular weight excluding hydrogens is 829 g/mol. The van der Waals surface area contributed by atoms with Gasteiger partial charge in [-0.2, -0.15) is 0 Å². The van der Waals surface area contributed by atoms with E-state index in [2.05, 4.69) is 81.5 Å². The first-order valence-electron chi connectivity index (χ1n) is 28.8. The van der Waals surface area contributed by atoms with Crippen molar-refractivity contribution in [1.29, 1.82) is 0 Å². The molecule has 0 radical (unpaired) electrons. The molecule has 0 spiro atoms. The second-order valence-electron chi connectivity index (χ2n) is 19.2. The van der Waals surface area contributed by atoms with E-state index in [1.807, 2.05) is 0 Å². The van der Waals surface area contributed by atoms with Crippen LogP contribution in [0, 0.1) is 0 Å². The third-order valence-electron chi connectivity index (χ3n) is 12.5. The Hall–Kier alpha value is -2.89. The highest BCUT2D eigenvalue weighted by Gasteiger charge is 2.19. The Kier molecular flexibility index (Phi) is 53.3. The third kappa shape index (κ3) is 53.9. The van der Waals surface area contributed by atoms with Crippen molar-refractivity contribution in [1.82, 2.24) is 0 Å². The van der Waals surface area contributed by atoms with Crippen LogP contribution in [0.5, 0.6) is 0 Å². The van der Waals surface area contributed by atoms with E-state index in [9.17, 15) is 14.4 Å². The van der Waals surface area contributed by atoms with Crippen molar-refractivity contribution >= 4 is 17.9 Å². The second kappa shape index (κ2) is 55.7. The molecule has 0 saturated carbocycles. The van der Waals surface area contributed by atoms with Crippen molar-refractivity contribution in [3.05, 3.63) is 60.8 Å². The maximum Gasteiger partial charge on any atom is 0.306 e. The van der Waals surface area contributed by atoms with Gasteiger partial charge in [-0.25, -0.2) is 0 Å². The molecular formula is C61H108O6. The molecule has 0 aromatic carbocycles. The first-order chi connectivity index (χ1) is 33.0. The van der Waals surface area contributed by atoms with E-state index in [4.69, 9.17) is 14.2 Å². The molecule has 1 atom stereocenters. The molecule has 0 aliphatic heterocycles. The van der Waals surface area contributed by atoms with Crippen molar-refractivity contribution in [2.75, 3.05) is 13.2 Å². The van der Waals surface area contributed by atoms with Crippen LogP contribution < -0.4 is 0 Å². The molecule has 0 aliphatic rings. The molecule has 0 rings (SSSR count). The number of unbranched alkanes of at least 4 members (excludes halogenated alkanes) is 31. The summed E-state index contributed by atoms with van der Waals surface area (Å²) in [6.07, 6.45) is 69.2. The highest BCUT2D eigenvalue weighted by molar-refractivity contribution is 5.71. The van der Waals surface area contributed by atoms with Crippen LogP contribution in [0.25, 0.3) is 0 Å². The number of carbonyl (C=O) groups excluding carboxylic acids is 3. The van der Waals surface area contributed by atoms with Crippen LogP contribution in [0.4, 0.5) is 0 Å². The van der Waals surface area contributed by atoms with Crippen LogP contribution in [-0.4, -0.2) is 37.2 Å². The molecule has 6 heteroatoms. The van der Waals surface area contributed by atoms with Crippen LogP contribution in [0.15, 0.2) is 60.8 Å².